The molecule has 1 aromatic carbocycles. The van der Waals surface area contributed by atoms with Gasteiger partial charge in [0.25, 0.3) is 5.91 Å². The number of halogens is 5. The highest BCUT2D eigenvalue weighted by molar-refractivity contribution is 6.02. The number of alkyl halides is 3. The molecule has 2 aromatic heterocycles. The molecule has 9 nitrogen and oxygen atoms in total. The molecule has 0 unspecified atom stereocenters. The lowest BCUT2D eigenvalue weighted by atomic mass is 9.95. The molecule has 1 aliphatic heterocycles. The van der Waals surface area contributed by atoms with E-state index in [2.05, 4.69) is 26.0 Å². The SMILES string of the molecule is Cc1c(F)c(N)cc(-c2nc3c(c(NCc4ccn(C)n4)c2F)C(=O)NCCNC[C@@H](C)CCO3)c1C(F)(F)F. The molecule has 1 amide bonds. The molecule has 0 saturated carbocycles. The molecule has 0 aliphatic carbocycles. The second kappa shape index (κ2) is 11.7. The summed E-state index contributed by atoms with van der Waals surface area (Å²) in [5, 5.41) is 12.9. The van der Waals surface area contributed by atoms with Gasteiger partial charge in [0.1, 0.15) is 17.1 Å². The van der Waals surface area contributed by atoms with E-state index in [1.807, 2.05) is 6.92 Å². The number of rotatable bonds is 4. The number of nitrogens with two attached hydrogens (primary N) is 1. The van der Waals surface area contributed by atoms with Gasteiger partial charge in [0.2, 0.25) is 5.88 Å². The Balaban J connectivity index is 1.96. The first kappa shape index (κ1) is 29.1. The molecule has 1 atom stereocenters. The lowest BCUT2D eigenvalue weighted by molar-refractivity contribution is -0.137. The lowest BCUT2D eigenvalue weighted by Crippen LogP contribution is -2.35. The van der Waals surface area contributed by atoms with Gasteiger partial charge in [0.15, 0.2) is 5.82 Å². The summed E-state index contributed by atoms with van der Waals surface area (Å²) in [6.07, 6.45) is -2.89. The maximum Gasteiger partial charge on any atom is 0.417 e. The zero-order chi connectivity index (χ0) is 29.2. The van der Waals surface area contributed by atoms with E-state index in [1.54, 1.807) is 19.3 Å². The number of aromatic nitrogens is 3. The van der Waals surface area contributed by atoms with Gasteiger partial charge in [-0.2, -0.15) is 18.3 Å². The van der Waals surface area contributed by atoms with Crippen molar-refractivity contribution >= 4 is 17.3 Å². The summed E-state index contributed by atoms with van der Waals surface area (Å²) in [6.45, 7) is 4.15. The van der Waals surface area contributed by atoms with Crippen molar-refractivity contribution < 1.29 is 31.5 Å². The Morgan fingerprint density at radius 2 is 2.00 bits per heavy atom. The number of benzene rings is 1. The quantitative estimate of drug-likeness (QED) is 0.278. The highest BCUT2D eigenvalue weighted by Crippen LogP contribution is 2.44. The summed E-state index contributed by atoms with van der Waals surface area (Å²) in [7, 11) is 1.68. The molecule has 3 heterocycles. The van der Waals surface area contributed by atoms with Crippen molar-refractivity contribution in [2.75, 3.05) is 37.3 Å². The minimum Gasteiger partial charge on any atom is -0.477 e. The first-order valence-corrected chi connectivity index (χ1v) is 12.6. The van der Waals surface area contributed by atoms with Crippen LogP contribution in [0.2, 0.25) is 0 Å². The van der Waals surface area contributed by atoms with Gasteiger partial charge in [-0.15, -0.1) is 0 Å². The van der Waals surface area contributed by atoms with E-state index < -0.39 is 57.5 Å². The van der Waals surface area contributed by atoms with E-state index in [0.717, 1.165) is 6.92 Å². The van der Waals surface area contributed by atoms with E-state index in [0.29, 0.717) is 31.3 Å². The number of carbonyl (C=O) groups excluding carboxylic acids is 1. The van der Waals surface area contributed by atoms with Gasteiger partial charge in [0, 0.05) is 31.9 Å². The summed E-state index contributed by atoms with van der Waals surface area (Å²) >= 11 is 0. The third kappa shape index (κ3) is 6.11. The molecule has 3 aromatic rings. The third-order valence-corrected chi connectivity index (χ3v) is 6.54. The number of anilines is 2. The zero-order valence-electron chi connectivity index (χ0n) is 22.2. The fourth-order valence-corrected chi connectivity index (χ4v) is 4.47. The molecule has 0 bridgehead atoms. The fourth-order valence-electron chi connectivity index (χ4n) is 4.47. The van der Waals surface area contributed by atoms with Crippen molar-refractivity contribution in [3.8, 4) is 17.1 Å². The van der Waals surface area contributed by atoms with Gasteiger partial charge >= 0.3 is 6.18 Å². The molecule has 216 valence electrons. The Kier molecular flexibility index (Phi) is 8.47. The van der Waals surface area contributed by atoms with Crippen LogP contribution in [0.1, 0.15) is 40.5 Å². The van der Waals surface area contributed by atoms with Crippen LogP contribution in [0.25, 0.3) is 11.3 Å². The molecule has 0 saturated heterocycles. The summed E-state index contributed by atoms with van der Waals surface area (Å²) < 4.78 is 80.6. The molecule has 0 fully saturated rings. The maximum atomic E-state index is 16.3. The average molecular weight is 568 g/mol. The fraction of sp³-hybridized carbons (Fsp3) is 0.423. The van der Waals surface area contributed by atoms with Crippen LogP contribution in [0.5, 0.6) is 5.88 Å². The number of aryl methyl sites for hydroxylation is 1. The first-order chi connectivity index (χ1) is 18.9. The topological polar surface area (TPSA) is 119 Å². The van der Waals surface area contributed by atoms with Crippen molar-refractivity contribution in [3.05, 3.63) is 52.3 Å². The Bertz CT molecular complexity index is 1410. The van der Waals surface area contributed by atoms with Gasteiger partial charge in [-0.3, -0.25) is 9.48 Å². The van der Waals surface area contributed by atoms with Crippen LogP contribution < -0.4 is 26.4 Å². The summed E-state index contributed by atoms with van der Waals surface area (Å²) in [4.78, 5) is 17.3. The number of hydrogen-bond donors (Lipinski definition) is 4. The van der Waals surface area contributed by atoms with Crippen LogP contribution in [0.4, 0.5) is 33.3 Å². The molecular weight excluding hydrogens is 537 g/mol. The van der Waals surface area contributed by atoms with Gasteiger partial charge in [-0.25, -0.2) is 13.8 Å². The summed E-state index contributed by atoms with van der Waals surface area (Å²) in [6, 6.07) is 2.34. The molecule has 5 N–H and O–H groups in total. The van der Waals surface area contributed by atoms with Crippen molar-refractivity contribution in [2.45, 2.75) is 33.0 Å². The Labute approximate surface area is 227 Å². The minimum absolute atomic E-state index is 0.0532. The van der Waals surface area contributed by atoms with Gasteiger partial charge in [-0.05, 0) is 43.5 Å². The predicted octanol–water partition coefficient (Wildman–Crippen LogP) is 4.02. The molecule has 0 spiro atoms. The van der Waals surface area contributed by atoms with Gasteiger partial charge in [-0.1, -0.05) is 6.92 Å². The number of pyridine rings is 1. The molecule has 1 aliphatic rings. The van der Waals surface area contributed by atoms with E-state index >= 15 is 4.39 Å². The molecule has 4 rings (SSSR count). The van der Waals surface area contributed by atoms with Gasteiger partial charge in [0.05, 0.1) is 35.8 Å². The van der Waals surface area contributed by atoms with E-state index in [4.69, 9.17) is 10.5 Å². The number of nitrogen functional groups attached to an aromatic ring is 1. The number of nitrogens with one attached hydrogen (secondary N) is 3. The van der Waals surface area contributed by atoms with E-state index in [9.17, 15) is 22.4 Å². The number of amides is 1. The molecule has 14 heteroatoms. The minimum atomic E-state index is -5.07. The van der Waals surface area contributed by atoms with Crippen molar-refractivity contribution in [3.63, 3.8) is 0 Å². The monoisotopic (exact) mass is 567 g/mol. The first-order valence-electron chi connectivity index (χ1n) is 12.6. The van der Waals surface area contributed by atoms with Crippen LogP contribution in [-0.4, -0.2) is 46.9 Å². The van der Waals surface area contributed by atoms with Crippen molar-refractivity contribution in [1.29, 1.82) is 0 Å². The normalized spacial score (nSPS) is 16.8. The van der Waals surface area contributed by atoms with Crippen molar-refractivity contribution in [2.24, 2.45) is 13.0 Å². The van der Waals surface area contributed by atoms with E-state index in [-0.39, 0.29) is 37.1 Å². The number of fused-ring (bicyclic) bond motifs is 1. The van der Waals surface area contributed by atoms with Crippen LogP contribution in [0.3, 0.4) is 0 Å². The highest BCUT2D eigenvalue weighted by atomic mass is 19.4. The smallest absolute Gasteiger partial charge is 0.417 e. The third-order valence-electron chi connectivity index (χ3n) is 6.54. The average Bonchev–Trinajstić information content (AvgIpc) is 3.29. The maximum absolute atomic E-state index is 16.3. The Morgan fingerprint density at radius 3 is 2.67 bits per heavy atom. The number of carbonyl (C=O) groups is 1. The van der Waals surface area contributed by atoms with E-state index in [1.165, 1.54) is 4.68 Å². The Morgan fingerprint density at radius 1 is 1.25 bits per heavy atom. The predicted molar refractivity (Wildman–Crippen MR) is 139 cm³/mol. The standard InChI is InChI=1S/C26H30F5N7O2/c1-13-5-9-40-25-18(24(39)34-7-6-33-11-13)23(35-12-15-4-8-38(3)37-15)21(28)22(36-25)16-10-17(32)20(27)14(2)19(16)26(29,30)31/h4,8,10,13,33H,5-7,9,11-12,32H2,1-3H3,(H,34,39)(H,35,36)/t13-/m0/s1. The molecule has 0 radical (unpaired) electrons. The van der Waals surface area contributed by atoms with Crippen molar-refractivity contribution in [1.82, 2.24) is 25.4 Å². The van der Waals surface area contributed by atoms with Crippen LogP contribution >= 0.6 is 0 Å². The van der Waals surface area contributed by atoms with Crippen LogP contribution in [0.15, 0.2) is 18.3 Å². The second-order valence-electron chi connectivity index (χ2n) is 9.69. The highest BCUT2D eigenvalue weighted by Gasteiger charge is 2.39. The molecule has 40 heavy (non-hydrogen) atoms. The largest absolute Gasteiger partial charge is 0.477 e. The van der Waals surface area contributed by atoms with Crippen LogP contribution in [0, 0.1) is 24.5 Å². The zero-order valence-corrected chi connectivity index (χ0v) is 22.2. The Hall–Kier alpha value is -3.94. The number of hydrogen-bond acceptors (Lipinski definition) is 7. The van der Waals surface area contributed by atoms with Gasteiger partial charge < -0.3 is 26.4 Å². The number of ether oxygens (including phenoxy) is 1. The van der Waals surface area contributed by atoms with Crippen LogP contribution in [-0.2, 0) is 19.8 Å². The summed E-state index contributed by atoms with van der Waals surface area (Å²) in [5.41, 5.74) is 0.965. The lowest BCUT2D eigenvalue weighted by Gasteiger charge is -2.22. The number of nitrogens with zero attached hydrogens (tertiary/aromatic N) is 3. The summed E-state index contributed by atoms with van der Waals surface area (Å²) in [5.74, 6) is -3.47. The second-order valence-corrected chi connectivity index (χ2v) is 9.69. The molecular formula is C26H30F5N7O2.